The van der Waals surface area contributed by atoms with E-state index in [9.17, 15) is 0 Å². The predicted molar refractivity (Wildman–Crippen MR) is 80.2 cm³/mol. The molecule has 0 unspecified atom stereocenters. The molecule has 1 aromatic heterocycles. The maximum atomic E-state index is 5.80. The van der Waals surface area contributed by atoms with Crippen molar-refractivity contribution in [2.75, 3.05) is 0 Å². The van der Waals surface area contributed by atoms with Gasteiger partial charge in [-0.2, -0.15) is 0 Å². The van der Waals surface area contributed by atoms with Gasteiger partial charge in [0, 0.05) is 11.6 Å². The van der Waals surface area contributed by atoms with Gasteiger partial charge in [-0.25, -0.2) is 4.98 Å². The minimum Gasteiger partial charge on any atom is -0.489 e. The zero-order valence-corrected chi connectivity index (χ0v) is 11.8. The molecule has 0 aliphatic heterocycles. The van der Waals surface area contributed by atoms with Gasteiger partial charge in [-0.3, -0.25) is 0 Å². The number of halogens is 1. The Hall–Kier alpha value is -1.87. The molecule has 0 aliphatic rings. The van der Waals surface area contributed by atoms with Gasteiger partial charge in [0.25, 0.3) is 0 Å². The van der Waals surface area contributed by atoms with Gasteiger partial charge in [-0.05, 0) is 51.1 Å². The second-order valence-corrected chi connectivity index (χ2v) is 5.01. The molecule has 2 aromatic carbocycles. The molecule has 3 rings (SSSR count). The third-order valence-electron chi connectivity index (χ3n) is 2.94. The van der Waals surface area contributed by atoms with Crippen LogP contribution in [0.4, 0.5) is 0 Å². The Bertz CT molecular complexity index is 697. The topological polar surface area (TPSA) is 22.1 Å². The monoisotopic (exact) mass is 313 g/mol. The fourth-order valence-electron chi connectivity index (χ4n) is 1.95. The summed E-state index contributed by atoms with van der Waals surface area (Å²) in [5.41, 5.74) is 1.17. The van der Waals surface area contributed by atoms with E-state index >= 15 is 0 Å². The number of rotatable bonds is 3. The Kier molecular flexibility index (Phi) is 3.47. The van der Waals surface area contributed by atoms with Crippen LogP contribution in [0.2, 0.25) is 0 Å². The van der Waals surface area contributed by atoms with Crippen LogP contribution in [0.1, 0.15) is 5.56 Å². The number of hydrogen-bond donors (Lipinski definition) is 0. The quantitative estimate of drug-likeness (QED) is 0.660. The van der Waals surface area contributed by atoms with Gasteiger partial charge in [0.15, 0.2) is 0 Å². The van der Waals surface area contributed by atoms with Crippen LogP contribution in [-0.2, 0) is 6.61 Å². The van der Waals surface area contributed by atoms with Crippen molar-refractivity contribution in [1.29, 1.82) is 0 Å². The van der Waals surface area contributed by atoms with Crippen LogP contribution >= 0.6 is 15.9 Å². The van der Waals surface area contributed by atoms with Crippen LogP contribution in [0.3, 0.4) is 0 Å². The average molecular weight is 314 g/mol. The summed E-state index contributed by atoms with van der Waals surface area (Å²) < 4.78 is 6.67. The maximum Gasteiger partial charge on any atom is 0.120 e. The molecule has 0 aliphatic carbocycles. The molecule has 0 bridgehead atoms. The summed E-state index contributed by atoms with van der Waals surface area (Å²) >= 11 is 3.45. The molecule has 0 saturated carbocycles. The maximum absolute atomic E-state index is 5.80. The van der Waals surface area contributed by atoms with Crippen molar-refractivity contribution in [1.82, 2.24) is 4.98 Å². The molecule has 2 nitrogen and oxygen atoms in total. The molecule has 0 spiro atoms. The van der Waals surface area contributed by atoms with Crippen LogP contribution in [-0.4, -0.2) is 4.98 Å². The number of ether oxygens (including phenoxy) is 1. The van der Waals surface area contributed by atoms with E-state index in [1.165, 1.54) is 5.56 Å². The molecule has 0 fully saturated rings. The Balaban J connectivity index is 1.82. The van der Waals surface area contributed by atoms with E-state index in [1.807, 2.05) is 42.5 Å². The van der Waals surface area contributed by atoms with Gasteiger partial charge in [0.05, 0.1) is 0 Å². The lowest BCUT2D eigenvalue weighted by Crippen LogP contribution is -1.94. The standard InChI is InChI=1S/C16H12BrNO/c17-16-15-7-6-14(10-13(15)8-9-18-16)19-11-12-4-2-1-3-5-12/h1-10H,11H2. The highest BCUT2D eigenvalue weighted by atomic mass is 79.9. The molecule has 94 valence electrons. The summed E-state index contributed by atoms with van der Waals surface area (Å²) in [7, 11) is 0. The molecule has 0 N–H and O–H groups in total. The first kappa shape index (κ1) is 12.2. The SMILES string of the molecule is Brc1nccc2cc(OCc3ccccc3)ccc12. The third kappa shape index (κ3) is 2.76. The van der Waals surface area contributed by atoms with E-state index in [2.05, 4.69) is 33.0 Å². The van der Waals surface area contributed by atoms with Crippen molar-refractivity contribution in [2.24, 2.45) is 0 Å². The zero-order valence-electron chi connectivity index (χ0n) is 10.2. The molecule has 19 heavy (non-hydrogen) atoms. The Labute approximate surface area is 120 Å². The molecule has 1 heterocycles. The lowest BCUT2D eigenvalue weighted by Gasteiger charge is -2.07. The van der Waals surface area contributed by atoms with E-state index in [0.717, 1.165) is 21.1 Å². The van der Waals surface area contributed by atoms with E-state index in [-0.39, 0.29) is 0 Å². The first-order chi connectivity index (χ1) is 9.33. The van der Waals surface area contributed by atoms with E-state index < -0.39 is 0 Å². The van der Waals surface area contributed by atoms with Crippen molar-refractivity contribution in [2.45, 2.75) is 6.61 Å². The summed E-state index contributed by atoms with van der Waals surface area (Å²) in [6.07, 6.45) is 1.79. The van der Waals surface area contributed by atoms with Crippen molar-refractivity contribution in [3.8, 4) is 5.75 Å². The summed E-state index contributed by atoms with van der Waals surface area (Å²) in [5, 5.41) is 2.21. The zero-order chi connectivity index (χ0) is 13.1. The highest BCUT2D eigenvalue weighted by Crippen LogP contribution is 2.25. The lowest BCUT2D eigenvalue weighted by atomic mass is 10.2. The second-order valence-electron chi connectivity index (χ2n) is 4.26. The van der Waals surface area contributed by atoms with Gasteiger partial charge in [-0.15, -0.1) is 0 Å². The van der Waals surface area contributed by atoms with E-state index in [4.69, 9.17) is 4.74 Å². The predicted octanol–water partition coefficient (Wildman–Crippen LogP) is 4.58. The second kappa shape index (κ2) is 5.41. The van der Waals surface area contributed by atoms with Gasteiger partial charge >= 0.3 is 0 Å². The summed E-state index contributed by atoms with van der Waals surface area (Å²) in [6, 6.07) is 18.2. The smallest absolute Gasteiger partial charge is 0.120 e. The molecular weight excluding hydrogens is 302 g/mol. The minimum absolute atomic E-state index is 0.582. The van der Waals surface area contributed by atoms with Crippen molar-refractivity contribution >= 4 is 26.7 Å². The first-order valence-corrected chi connectivity index (χ1v) is 6.83. The van der Waals surface area contributed by atoms with Gasteiger partial charge in [0.2, 0.25) is 0 Å². The van der Waals surface area contributed by atoms with Crippen LogP contribution in [0.15, 0.2) is 65.4 Å². The number of hydrogen-bond acceptors (Lipinski definition) is 2. The molecular formula is C16H12BrNO. The van der Waals surface area contributed by atoms with Crippen molar-refractivity contribution in [3.05, 3.63) is 71.0 Å². The number of nitrogens with zero attached hydrogens (tertiary/aromatic N) is 1. The number of pyridine rings is 1. The highest BCUT2D eigenvalue weighted by Gasteiger charge is 2.01. The summed E-state index contributed by atoms with van der Waals surface area (Å²) in [4.78, 5) is 4.21. The molecule has 3 aromatic rings. The molecule has 0 amide bonds. The van der Waals surface area contributed by atoms with E-state index in [1.54, 1.807) is 6.20 Å². The fraction of sp³-hybridized carbons (Fsp3) is 0.0625. The Morgan fingerprint density at radius 2 is 1.84 bits per heavy atom. The average Bonchev–Trinajstić information content (AvgIpc) is 2.46. The molecule has 0 saturated heterocycles. The highest BCUT2D eigenvalue weighted by molar-refractivity contribution is 9.10. The van der Waals surface area contributed by atoms with Gasteiger partial charge < -0.3 is 4.74 Å². The summed E-state index contributed by atoms with van der Waals surface area (Å²) in [6.45, 7) is 0.582. The number of fused-ring (bicyclic) bond motifs is 1. The lowest BCUT2D eigenvalue weighted by molar-refractivity contribution is 0.306. The van der Waals surface area contributed by atoms with Crippen LogP contribution in [0.5, 0.6) is 5.75 Å². The molecule has 3 heteroatoms. The summed E-state index contributed by atoms with van der Waals surface area (Å²) in [5.74, 6) is 0.870. The van der Waals surface area contributed by atoms with Crippen molar-refractivity contribution < 1.29 is 4.74 Å². The Morgan fingerprint density at radius 3 is 2.68 bits per heavy atom. The van der Waals surface area contributed by atoms with E-state index in [0.29, 0.717) is 6.61 Å². The van der Waals surface area contributed by atoms with Crippen LogP contribution < -0.4 is 4.74 Å². The fourth-order valence-corrected chi connectivity index (χ4v) is 2.43. The third-order valence-corrected chi connectivity index (χ3v) is 3.57. The largest absolute Gasteiger partial charge is 0.489 e. The first-order valence-electron chi connectivity index (χ1n) is 6.04. The van der Waals surface area contributed by atoms with Crippen LogP contribution in [0.25, 0.3) is 10.8 Å². The molecule has 0 atom stereocenters. The van der Waals surface area contributed by atoms with Crippen molar-refractivity contribution in [3.63, 3.8) is 0 Å². The normalized spacial score (nSPS) is 10.6. The van der Waals surface area contributed by atoms with Crippen LogP contribution in [0, 0.1) is 0 Å². The molecule has 0 radical (unpaired) electrons. The van der Waals surface area contributed by atoms with Gasteiger partial charge in [0.1, 0.15) is 17.0 Å². The number of aromatic nitrogens is 1. The van der Waals surface area contributed by atoms with Gasteiger partial charge in [-0.1, -0.05) is 30.3 Å². The minimum atomic E-state index is 0.582. The number of benzene rings is 2. The Morgan fingerprint density at radius 1 is 1.00 bits per heavy atom.